The summed E-state index contributed by atoms with van der Waals surface area (Å²) in [5.74, 6) is 0.0390. The third-order valence-corrected chi connectivity index (χ3v) is 6.57. The molecule has 1 aliphatic heterocycles. The van der Waals surface area contributed by atoms with Crippen molar-refractivity contribution in [2.24, 2.45) is 0 Å². The highest BCUT2D eigenvalue weighted by molar-refractivity contribution is 6.09. The molecule has 2 amide bonds. The van der Waals surface area contributed by atoms with Gasteiger partial charge in [0.05, 0.1) is 11.8 Å². The highest BCUT2D eigenvalue weighted by Crippen LogP contribution is 2.38. The van der Waals surface area contributed by atoms with Gasteiger partial charge in [0.1, 0.15) is 17.4 Å². The Hall–Kier alpha value is -4.65. The van der Waals surface area contributed by atoms with Crippen molar-refractivity contribution in [3.8, 4) is 0 Å². The molecule has 0 unspecified atom stereocenters. The van der Waals surface area contributed by atoms with E-state index in [4.69, 9.17) is 0 Å². The number of allylic oxidation sites excluding steroid dienone is 1. The number of fused-ring (bicyclic) bond motifs is 1. The Labute approximate surface area is 216 Å². The third kappa shape index (κ3) is 4.76. The summed E-state index contributed by atoms with van der Waals surface area (Å²) in [7, 11) is 0. The fraction of sp³-hybridized carbons (Fsp3) is 0.167. The monoisotopic (exact) mass is 491 g/mol. The number of benzene rings is 3. The van der Waals surface area contributed by atoms with Gasteiger partial charge in [0.15, 0.2) is 0 Å². The third-order valence-electron chi connectivity index (χ3n) is 6.57. The minimum atomic E-state index is -0.513. The molecule has 1 atom stereocenters. The molecule has 0 fully saturated rings. The normalized spacial score (nSPS) is 14.5. The molecule has 5 rings (SSSR count). The second-order valence-electron chi connectivity index (χ2n) is 9.42. The highest BCUT2D eigenvalue weighted by Gasteiger charge is 2.35. The number of amides is 2. The van der Waals surface area contributed by atoms with E-state index in [1.807, 2.05) is 100 Å². The molecular weight excluding hydrogens is 462 g/mol. The summed E-state index contributed by atoms with van der Waals surface area (Å²) in [5.41, 5.74) is 7.18. The number of rotatable bonds is 5. The first-order chi connectivity index (χ1) is 17.8. The maximum atomic E-state index is 13.7. The van der Waals surface area contributed by atoms with Gasteiger partial charge in [0.2, 0.25) is 0 Å². The number of nitrogens with one attached hydrogen (secondary N) is 3. The second kappa shape index (κ2) is 9.78. The maximum Gasteiger partial charge on any atom is 0.261 e. The zero-order valence-electron chi connectivity index (χ0n) is 21.3. The molecule has 0 bridgehead atoms. The quantitative estimate of drug-likeness (QED) is 0.320. The molecule has 0 spiro atoms. The van der Waals surface area contributed by atoms with Crippen molar-refractivity contribution in [3.05, 3.63) is 118 Å². The molecular formula is C30H29N5O2. The Morgan fingerprint density at radius 2 is 1.54 bits per heavy atom. The first-order valence-electron chi connectivity index (χ1n) is 12.2. The van der Waals surface area contributed by atoms with Gasteiger partial charge in [-0.2, -0.15) is 5.10 Å². The van der Waals surface area contributed by atoms with Crippen LogP contribution in [0.3, 0.4) is 0 Å². The fourth-order valence-corrected chi connectivity index (χ4v) is 4.64. The molecule has 7 nitrogen and oxygen atoms in total. The first-order valence-corrected chi connectivity index (χ1v) is 12.2. The van der Waals surface area contributed by atoms with E-state index in [-0.39, 0.29) is 11.8 Å². The maximum absolute atomic E-state index is 13.7. The number of hydrogen-bond acceptors (Lipinski definition) is 4. The van der Waals surface area contributed by atoms with Gasteiger partial charge in [-0.1, -0.05) is 65.7 Å². The van der Waals surface area contributed by atoms with Crippen LogP contribution in [0.5, 0.6) is 0 Å². The molecule has 3 N–H and O–H groups in total. The number of carbonyl (C=O) groups is 2. The molecule has 0 radical (unpaired) electrons. The van der Waals surface area contributed by atoms with Gasteiger partial charge < -0.3 is 16.0 Å². The molecule has 186 valence electrons. The SMILES string of the molecule is CC1=C(C(=O)Nc2ccc(C)cc2C)[C@@H](c2ccc(C)cc2)n2ncc(C(=O)Nc3ccccc3)c2N1. The van der Waals surface area contributed by atoms with Crippen LogP contribution in [0.2, 0.25) is 0 Å². The second-order valence-corrected chi connectivity index (χ2v) is 9.42. The van der Waals surface area contributed by atoms with Crippen molar-refractivity contribution in [3.63, 3.8) is 0 Å². The largest absolute Gasteiger partial charge is 0.343 e. The predicted octanol–water partition coefficient (Wildman–Crippen LogP) is 5.99. The van der Waals surface area contributed by atoms with Gasteiger partial charge in [0, 0.05) is 17.1 Å². The molecule has 0 saturated carbocycles. The molecule has 4 aromatic rings. The van der Waals surface area contributed by atoms with E-state index in [1.54, 1.807) is 10.9 Å². The molecule has 37 heavy (non-hydrogen) atoms. The zero-order chi connectivity index (χ0) is 26.1. The van der Waals surface area contributed by atoms with Crippen LogP contribution in [0.1, 0.15) is 45.6 Å². The molecule has 0 aliphatic carbocycles. The van der Waals surface area contributed by atoms with E-state index in [9.17, 15) is 9.59 Å². The van der Waals surface area contributed by atoms with Gasteiger partial charge in [-0.3, -0.25) is 9.59 Å². The number of para-hydroxylation sites is 1. The summed E-state index contributed by atoms with van der Waals surface area (Å²) in [6.45, 7) is 7.87. The highest BCUT2D eigenvalue weighted by atomic mass is 16.2. The Balaban J connectivity index is 1.55. The van der Waals surface area contributed by atoms with Crippen molar-refractivity contribution in [1.29, 1.82) is 0 Å². The van der Waals surface area contributed by atoms with Crippen LogP contribution in [0.25, 0.3) is 0 Å². The van der Waals surface area contributed by atoms with E-state index >= 15 is 0 Å². The summed E-state index contributed by atoms with van der Waals surface area (Å²) >= 11 is 0. The standard InChI is InChI=1S/C30H29N5O2/c1-18-10-13-22(14-11-18)27-26(30(37)34-25-15-12-19(2)16-20(25)3)21(4)32-28-24(17-31-35(27)28)29(36)33-23-8-6-5-7-9-23/h5-17,27,32H,1-4H3,(H,33,36)(H,34,37)/t27-/m1/s1. The lowest BCUT2D eigenvalue weighted by molar-refractivity contribution is -0.113. The Morgan fingerprint density at radius 1 is 0.838 bits per heavy atom. The molecule has 7 heteroatoms. The molecule has 2 heterocycles. The minimum absolute atomic E-state index is 0.223. The summed E-state index contributed by atoms with van der Waals surface area (Å²) in [6.07, 6.45) is 1.54. The lowest BCUT2D eigenvalue weighted by Crippen LogP contribution is -2.32. The molecule has 1 aliphatic rings. The van der Waals surface area contributed by atoms with Crippen molar-refractivity contribution in [2.75, 3.05) is 16.0 Å². The Bertz CT molecular complexity index is 1520. The van der Waals surface area contributed by atoms with Gasteiger partial charge in [-0.25, -0.2) is 4.68 Å². The summed E-state index contributed by atoms with van der Waals surface area (Å²) < 4.78 is 1.72. The minimum Gasteiger partial charge on any atom is -0.343 e. The zero-order valence-corrected chi connectivity index (χ0v) is 21.3. The Kier molecular flexibility index (Phi) is 6.36. The lowest BCUT2D eigenvalue weighted by atomic mass is 9.93. The van der Waals surface area contributed by atoms with Gasteiger partial charge >= 0.3 is 0 Å². The summed E-state index contributed by atoms with van der Waals surface area (Å²) in [5, 5.41) is 13.9. The van der Waals surface area contributed by atoms with E-state index in [1.165, 1.54) is 0 Å². The van der Waals surface area contributed by atoms with Crippen molar-refractivity contribution in [1.82, 2.24) is 9.78 Å². The molecule has 1 aromatic heterocycles. The van der Waals surface area contributed by atoms with Crippen molar-refractivity contribution in [2.45, 2.75) is 33.7 Å². The van der Waals surface area contributed by atoms with Crippen LogP contribution in [-0.2, 0) is 4.79 Å². The molecule has 0 saturated heterocycles. The van der Waals surface area contributed by atoms with Crippen LogP contribution < -0.4 is 16.0 Å². The first kappa shape index (κ1) is 24.1. The van der Waals surface area contributed by atoms with E-state index in [0.717, 1.165) is 27.9 Å². The Morgan fingerprint density at radius 3 is 2.24 bits per heavy atom. The number of hydrogen-bond donors (Lipinski definition) is 3. The summed E-state index contributed by atoms with van der Waals surface area (Å²) in [6, 6.07) is 22.7. The van der Waals surface area contributed by atoms with Crippen LogP contribution in [0.15, 0.2) is 90.3 Å². The van der Waals surface area contributed by atoms with Crippen molar-refractivity contribution < 1.29 is 9.59 Å². The molecule has 3 aromatic carbocycles. The van der Waals surface area contributed by atoms with Crippen LogP contribution in [0.4, 0.5) is 17.2 Å². The van der Waals surface area contributed by atoms with Crippen LogP contribution >= 0.6 is 0 Å². The van der Waals surface area contributed by atoms with Crippen LogP contribution in [0, 0.1) is 20.8 Å². The smallest absolute Gasteiger partial charge is 0.261 e. The average molecular weight is 492 g/mol. The van der Waals surface area contributed by atoms with Crippen LogP contribution in [-0.4, -0.2) is 21.6 Å². The van der Waals surface area contributed by atoms with Gasteiger partial charge in [-0.15, -0.1) is 0 Å². The van der Waals surface area contributed by atoms with Gasteiger partial charge in [0.25, 0.3) is 11.8 Å². The van der Waals surface area contributed by atoms with E-state index in [0.29, 0.717) is 28.3 Å². The van der Waals surface area contributed by atoms with Crippen molar-refractivity contribution >= 4 is 29.0 Å². The van der Waals surface area contributed by atoms with E-state index < -0.39 is 6.04 Å². The van der Waals surface area contributed by atoms with E-state index in [2.05, 4.69) is 21.0 Å². The average Bonchev–Trinajstić information content (AvgIpc) is 3.29. The number of carbonyl (C=O) groups excluding carboxylic acids is 2. The topological polar surface area (TPSA) is 88.0 Å². The lowest BCUT2D eigenvalue weighted by Gasteiger charge is -2.30. The number of aromatic nitrogens is 2. The number of anilines is 3. The predicted molar refractivity (Wildman–Crippen MR) is 147 cm³/mol. The van der Waals surface area contributed by atoms with Gasteiger partial charge in [-0.05, 0) is 57.0 Å². The number of nitrogens with zero attached hydrogens (tertiary/aromatic N) is 2. The summed E-state index contributed by atoms with van der Waals surface area (Å²) in [4.78, 5) is 26.9. The number of aryl methyl sites for hydroxylation is 3. The fourth-order valence-electron chi connectivity index (χ4n) is 4.64.